The second-order valence-electron chi connectivity index (χ2n) is 10.7. The fraction of sp³-hybridized carbons (Fsp3) is 0.433. The van der Waals surface area contributed by atoms with E-state index in [9.17, 15) is 14.0 Å². The van der Waals surface area contributed by atoms with Gasteiger partial charge in [0.1, 0.15) is 29.5 Å². The fourth-order valence-electron chi connectivity index (χ4n) is 4.77. The third-order valence-corrected chi connectivity index (χ3v) is 6.78. The van der Waals surface area contributed by atoms with E-state index in [1.54, 1.807) is 28.6 Å². The van der Waals surface area contributed by atoms with Gasteiger partial charge in [0.15, 0.2) is 0 Å². The topological polar surface area (TPSA) is 76.9 Å². The number of ether oxygens (including phenoxy) is 2. The molecule has 1 aromatic heterocycles. The number of benzene rings is 2. The van der Waals surface area contributed by atoms with Crippen molar-refractivity contribution in [3.8, 4) is 5.75 Å². The van der Waals surface area contributed by atoms with Crippen molar-refractivity contribution in [3.05, 3.63) is 83.4 Å². The van der Waals surface area contributed by atoms with E-state index in [1.807, 2.05) is 36.4 Å². The van der Waals surface area contributed by atoms with E-state index in [0.717, 1.165) is 17.7 Å². The lowest BCUT2D eigenvalue weighted by Gasteiger charge is -2.42. The first-order valence-corrected chi connectivity index (χ1v) is 13.3. The van der Waals surface area contributed by atoms with Crippen molar-refractivity contribution in [1.29, 1.82) is 0 Å². The Balaban J connectivity index is 1.53. The molecular formula is C30H37FN4O4. The van der Waals surface area contributed by atoms with Gasteiger partial charge in [0.05, 0.1) is 25.3 Å². The molecule has 4 rings (SSSR count). The van der Waals surface area contributed by atoms with Crippen molar-refractivity contribution in [2.24, 2.45) is 13.0 Å². The second kappa shape index (κ2) is 12.4. The number of halogens is 1. The number of hydrogen-bond acceptors (Lipinski definition) is 5. The number of aromatic nitrogens is 2. The highest BCUT2D eigenvalue weighted by atomic mass is 19.1. The molecule has 1 fully saturated rings. The molecule has 1 aliphatic heterocycles. The number of morpholine rings is 1. The molecular weight excluding hydrogens is 499 g/mol. The average molecular weight is 537 g/mol. The number of rotatable bonds is 10. The minimum Gasteiger partial charge on any atom is -0.490 e. The maximum absolute atomic E-state index is 13.6. The van der Waals surface area contributed by atoms with Crippen molar-refractivity contribution in [3.63, 3.8) is 0 Å². The maximum atomic E-state index is 13.6. The molecule has 9 heteroatoms. The van der Waals surface area contributed by atoms with Crippen LogP contribution in [0.5, 0.6) is 5.75 Å². The molecule has 2 heterocycles. The molecule has 0 unspecified atom stereocenters. The van der Waals surface area contributed by atoms with Crippen LogP contribution >= 0.6 is 0 Å². The van der Waals surface area contributed by atoms with Gasteiger partial charge in [0, 0.05) is 27.2 Å². The quantitative estimate of drug-likeness (QED) is 0.390. The molecule has 8 nitrogen and oxygen atoms in total. The Hall–Kier alpha value is -3.72. The van der Waals surface area contributed by atoms with Gasteiger partial charge in [-0.3, -0.25) is 14.3 Å². The van der Waals surface area contributed by atoms with Crippen molar-refractivity contribution < 1.29 is 23.5 Å². The lowest BCUT2D eigenvalue weighted by molar-refractivity contribution is -0.152. The number of carbonyl (C=O) groups is 2. The summed E-state index contributed by atoms with van der Waals surface area (Å²) in [4.78, 5) is 30.4. The summed E-state index contributed by atoms with van der Waals surface area (Å²) >= 11 is 0. The third-order valence-electron chi connectivity index (χ3n) is 6.78. The highest BCUT2D eigenvalue weighted by molar-refractivity contribution is 5.93. The van der Waals surface area contributed by atoms with E-state index < -0.39 is 5.60 Å². The van der Waals surface area contributed by atoms with Crippen LogP contribution in [-0.4, -0.2) is 70.3 Å². The van der Waals surface area contributed by atoms with Crippen molar-refractivity contribution in [2.45, 2.75) is 38.8 Å². The molecule has 0 saturated carbocycles. The summed E-state index contributed by atoms with van der Waals surface area (Å²) in [6.07, 6.45) is 0.799. The first kappa shape index (κ1) is 28.3. The molecule has 2 amide bonds. The molecule has 1 aliphatic rings. The molecule has 0 spiro atoms. The molecule has 1 atom stereocenters. The maximum Gasteiger partial charge on any atom is 0.272 e. The minimum absolute atomic E-state index is 0.0191. The van der Waals surface area contributed by atoms with Gasteiger partial charge in [-0.1, -0.05) is 44.2 Å². The first-order chi connectivity index (χ1) is 18.6. The first-order valence-electron chi connectivity index (χ1n) is 13.3. The zero-order chi connectivity index (χ0) is 28.0. The van der Waals surface area contributed by atoms with Gasteiger partial charge >= 0.3 is 0 Å². The lowest BCUT2D eigenvalue weighted by atomic mass is 9.96. The average Bonchev–Trinajstić information content (AvgIpc) is 3.27. The van der Waals surface area contributed by atoms with Crippen LogP contribution in [0.1, 0.15) is 42.0 Å². The summed E-state index contributed by atoms with van der Waals surface area (Å²) < 4.78 is 27.3. The van der Waals surface area contributed by atoms with E-state index in [0.29, 0.717) is 30.5 Å². The highest BCUT2D eigenvalue weighted by Crippen LogP contribution is 2.27. The lowest BCUT2D eigenvalue weighted by Crippen LogP contribution is -2.58. The molecule has 0 N–H and O–H groups in total. The van der Waals surface area contributed by atoms with E-state index in [2.05, 4.69) is 18.9 Å². The Labute approximate surface area is 229 Å². The van der Waals surface area contributed by atoms with Crippen LogP contribution in [0, 0.1) is 11.7 Å². The molecule has 3 aromatic rings. The highest BCUT2D eigenvalue weighted by Gasteiger charge is 2.42. The molecule has 0 radical (unpaired) electrons. The van der Waals surface area contributed by atoms with Gasteiger partial charge in [0.2, 0.25) is 5.91 Å². The van der Waals surface area contributed by atoms with Crippen molar-refractivity contribution in [2.75, 3.05) is 33.4 Å². The van der Waals surface area contributed by atoms with Crippen molar-refractivity contribution >= 4 is 11.8 Å². The molecule has 0 bridgehead atoms. The van der Waals surface area contributed by atoms with Gasteiger partial charge in [-0.25, -0.2) is 4.39 Å². The van der Waals surface area contributed by atoms with Crippen LogP contribution in [0.3, 0.4) is 0 Å². The molecule has 1 saturated heterocycles. The Morgan fingerprint density at radius 2 is 1.87 bits per heavy atom. The zero-order valence-electron chi connectivity index (χ0n) is 23.1. The predicted molar refractivity (Wildman–Crippen MR) is 146 cm³/mol. The minimum atomic E-state index is -1.08. The Morgan fingerprint density at radius 1 is 1.15 bits per heavy atom. The number of carbonyl (C=O) groups excluding carboxylic acids is 2. The van der Waals surface area contributed by atoms with E-state index in [4.69, 9.17) is 9.47 Å². The van der Waals surface area contributed by atoms with Gasteiger partial charge < -0.3 is 19.3 Å². The third kappa shape index (κ3) is 7.44. The zero-order valence-corrected chi connectivity index (χ0v) is 23.1. The summed E-state index contributed by atoms with van der Waals surface area (Å²) in [6, 6.07) is 17.3. The summed E-state index contributed by atoms with van der Waals surface area (Å²) in [7, 11) is 3.52. The predicted octanol–water partition coefficient (Wildman–Crippen LogP) is 4.10. The Morgan fingerprint density at radius 3 is 2.56 bits per heavy atom. The number of hydrogen-bond donors (Lipinski definition) is 0. The number of nitrogens with zero attached hydrogens (tertiary/aromatic N) is 4. The van der Waals surface area contributed by atoms with Crippen LogP contribution in [0.25, 0.3) is 0 Å². The standard InChI is InChI=1S/C30H37FN4O4/c1-22(2)16-25-17-27(34(4)32-25)29(37)35-14-15-39-30(20-35,21-38-26-12-10-24(31)11-13-26)18-28(36)33(3)19-23-8-6-5-7-9-23/h5-13,17,22H,14-16,18-21H2,1-4H3/t30-/m1/s1. The SMILES string of the molecule is CC(C)Cc1cc(C(=O)N2CCO[C@](COc3ccc(F)cc3)(CC(=O)N(C)Cc3ccccc3)C2)n(C)n1. The number of aryl methyl sites for hydroxylation is 1. The van der Waals surface area contributed by atoms with Crippen molar-refractivity contribution in [1.82, 2.24) is 19.6 Å². The number of amides is 2. The van der Waals surface area contributed by atoms with Gasteiger partial charge in [-0.05, 0) is 48.2 Å². The summed E-state index contributed by atoms with van der Waals surface area (Å²) in [5.41, 5.74) is 1.30. The van der Waals surface area contributed by atoms with Gasteiger partial charge in [-0.15, -0.1) is 0 Å². The molecule has 39 heavy (non-hydrogen) atoms. The normalized spacial score (nSPS) is 17.3. The monoisotopic (exact) mass is 536 g/mol. The van der Waals surface area contributed by atoms with Gasteiger partial charge in [0.25, 0.3) is 5.91 Å². The van der Waals surface area contributed by atoms with Crippen LogP contribution in [0.2, 0.25) is 0 Å². The van der Waals surface area contributed by atoms with Gasteiger partial charge in [-0.2, -0.15) is 5.10 Å². The smallest absolute Gasteiger partial charge is 0.272 e. The Bertz CT molecular complexity index is 1260. The van der Waals surface area contributed by atoms with Crippen LogP contribution in [0.15, 0.2) is 60.7 Å². The summed E-state index contributed by atoms with van der Waals surface area (Å²) in [5, 5.41) is 4.52. The largest absolute Gasteiger partial charge is 0.490 e. The Kier molecular flexibility index (Phi) is 9.01. The van der Waals surface area contributed by atoms with E-state index in [1.165, 1.54) is 24.3 Å². The van der Waals surface area contributed by atoms with Crippen LogP contribution in [-0.2, 0) is 29.5 Å². The van der Waals surface area contributed by atoms with E-state index >= 15 is 0 Å². The second-order valence-corrected chi connectivity index (χ2v) is 10.7. The van der Waals surface area contributed by atoms with E-state index in [-0.39, 0.29) is 43.8 Å². The molecule has 0 aliphatic carbocycles. The fourth-order valence-corrected chi connectivity index (χ4v) is 4.77. The summed E-state index contributed by atoms with van der Waals surface area (Å²) in [5.74, 6) is 0.211. The van der Waals surface area contributed by atoms with Crippen LogP contribution in [0.4, 0.5) is 4.39 Å². The summed E-state index contributed by atoms with van der Waals surface area (Å²) in [6.45, 7) is 5.50. The molecule has 208 valence electrons. The molecule has 2 aromatic carbocycles. The van der Waals surface area contributed by atoms with Crippen LogP contribution < -0.4 is 4.74 Å².